The quantitative estimate of drug-likeness (QED) is 0.781. The van der Waals surface area contributed by atoms with Gasteiger partial charge in [0.1, 0.15) is 0 Å². The third-order valence-electron chi connectivity index (χ3n) is 6.05. The standard InChI is InChI=1S/C23H36N2O2/c1-18-15-25(16-19(2)27-18)17-20-11-13-21(14-12-20)23(26)24(3)22-9-7-5-4-6-8-10-22/h11-14,18-19,22H,4-10,15-17H2,1-3H3. The third-order valence-corrected chi connectivity index (χ3v) is 6.05. The summed E-state index contributed by atoms with van der Waals surface area (Å²) >= 11 is 0. The SMILES string of the molecule is CC1CN(Cc2ccc(C(=O)N(C)C3CCCCCCC3)cc2)CC(C)O1. The average Bonchev–Trinajstić information content (AvgIpc) is 2.60. The minimum Gasteiger partial charge on any atom is -0.373 e. The Hall–Kier alpha value is -1.39. The second kappa shape index (κ2) is 9.70. The molecule has 1 aliphatic carbocycles. The number of amides is 1. The van der Waals surface area contributed by atoms with Crippen molar-refractivity contribution in [2.24, 2.45) is 0 Å². The van der Waals surface area contributed by atoms with Crippen LogP contribution in [0.2, 0.25) is 0 Å². The Morgan fingerprint density at radius 1 is 1.00 bits per heavy atom. The Morgan fingerprint density at radius 2 is 1.56 bits per heavy atom. The van der Waals surface area contributed by atoms with E-state index in [0.29, 0.717) is 6.04 Å². The highest BCUT2D eigenvalue weighted by Crippen LogP contribution is 2.22. The average molecular weight is 373 g/mol. The summed E-state index contributed by atoms with van der Waals surface area (Å²) in [6, 6.07) is 8.64. The zero-order chi connectivity index (χ0) is 19.2. The first-order chi connectivity index (χ1) is 13.0. The maximum absolute atomic E-state index is 12.9. The number of carbonyl (C=O) groups is 1. The highest BCUT2D eigenvalue weighted by atomic mass is 16.5. The molecule has 0 bridgehead atoms. The smallest absolute Gasteiger partial charge is 0.253 e. The van der Waals surface area contributed by atoms with Crippen molar-refractivity contribution >= 4 is 5.91 Å². The molecule has 1 aromatic carbocycles. The predicted octanol–water partition coefficient (Wildman–Crippen LogP) is 4.48. The van der Waals surface area contributed by atoms with Crippen LogP contribution in [0.15, 0.2) is 24.3 Å². The van der Waals surface area contributed by atoms with Gasteiger partial charge in [0.2, 0.25) is 0 Å². The Labute approximate surface area is 164 Å². The van der Waals surface area contributed by atoms with Crippen LogP contribution >= 0.6 is 0 Å². The maximum atomic E-state index is 12.9. The first-order valence-electron chi connectivity index (χ1n) is 10.8. The van der Waals surface area contributed by atoms with E-state index in [4.69, 9.17) is 4.74 Å². The third kappa shape index (κ3) is 5.79. The molecule has 1 aromatic rings. The van der Waals surface area contributed by atoms with Crippen molar-refractivity contribution in [2.45, 2.75) is 83.6 Å². The fraction of sp³-hybridized carbons (Fsp3) is 0.696. The van der Waals surface area contributed by atoms with Crippen LogP contribution in [0.3, 0.4) is 0 Å². The second-order valence-electron chi connectivity index (χ2n) is 8.56. The van der Waals surface area contributed by atoms with Crippen molar-refractivity contribution in [3.63, 3.8) is 0 Å². The molecular formula is C23H36N2O2. The van der Waals surface area contributed by atoms with Crippen LogP contribution in [0.1, 0.15) is 74.7 Å². The van der Waals surface area contributed by atoms with E-state index in [2.05, 4.69) is 30.9 Å². The molecule has 27 heavy (non-hydrogen) atoms. The molecule has 2 unspecified atom stereocenters. The van der Waals surface area contributed by atoms with E-state index < -0.39 is 0 Å². The molecule has 2 fully saturated rings. The molecule has 4 nitrogen and oxygen atoms in total. The van der Waals surface area contributed by atoms with Gasteiger partial charge in [-0.1, -0.05) is 44.2 Å². The topological polar surface area (TPSA) is 32.8 Å². The van der Waals surface area contributed by atoms with Crippen LogP contribution < -0.4 is 0 Å². The van der Waals surface area contributed by atoms with E-state index in [9.17, 15) is 4.79 Å². The number of nitrogens with zero attached hydrogens (tertiary/aromatic N) is 2. The molecule has 0 N–H and O–H groups in total. The first-order valence-corrected chi connectivity index (χ1v) is 10.8. The molecule has 1 saturated carbocycles. The monoisotopic (exact) mass is 372 g/mol. The number of carbonyl (C=O) groups excluding carboxylic acids is 1. The van der Waals surface area contributed by atoms with Crippen LogP contribution in [0.25, 0.3) is 0 Å². The van der Waals surface area contributed by atoms with Gasteiger partial charge in [-0.25, -0.2) is 0 Å². The largest absolute Gasteiger partial charge is 0.373 e. The zero-order valence-corrected chi connectivity index (χ0v) is 17.3. The predicted molar refractivity (Wildman–Crippen MR) is 110 cm³/mol. The van der Waals surface area contributed by atoms with Gasteiger partial charge in [0.15, 0.2) is 0 Å². The van der Waals surface area contributed by atoms with E-state index in [0.717, 1.165) is 38.0 Å². The van der Waals surface area contributed by atoms with Crippen molar-refractivity contribution in [1.29, 1.82) is 0 Å². The molecule has 3 rings (SSSR count). The summed E-state index contributed by atoms with van der Waals surface area (Å²) in [4.78, 5) is 17.4. The fourth-order valence-electron chi connectivity index (χ4n) is 4.62. The molecule has 1 amide bonds. The molecule has 0 spiro atoms. The first kappa shape index (κ1) is 20.3. The number of benzene rings is 1. The van der Waals surface area contributed by atoms with Gasteiger partial charge < -0.3 is 9.64 Å². The molecular weight excluding hydrogens is 336 g/mol. The van der Waals surface area contributed by atoms with E-state index in [1.54, 1.807) is 0 Å². The van der Waals surface area contributed by atoms with Gasteiger partial charge in [0.25, 0.3) is 5.91 Å². The van der Waals surface area contributed by atoms with Gasteiger partial charge in [0, 0.05) is 38.3 Å². The Balaban J connectivity index is 1.57. The van der Waals surface area contributed by atoms with Crippen LogP contribution in [-0.2, 0) is 11.3 Å². The lowest BCUT2D eigenvalue weighted by Gasteiger charge is -2.35. The van der Waals surface area contributed by atoms with Crippen molar-refractivity contribution < 1.29 is 9.53 Å². The van der Waals surface area contributed by atoms with Crippen LogP contribution in [-0.4, -0.2) is 54.1 Å². The van der Waals surface area contributed by atoms with Crippen molar-refractivity contribution in [1.82, 2.24) is 9.80 Å². The second-order valence-corrected chi connectivity index (χ2v) is 8.56. The van der Waals surface area contributed by atoms with Crippen molar-refractivity contribution in [2.75, 3.05) is 20.1 Å². The summed E-state index contributed by atoms with van der Waals surface area (Å²) in [7, 11) is 1.99. The summed E-state index contributed by atoms with van der Waals surface area (Å²) in [5, 5.41) is 0. The number of hydrogen-bond acceptors (Lipinski definition) is 3. The zero-order valence-electron chi connectivity index (χ0n) is 17.3. The molecule has 1 heterocycles. The molecule has 2 atom stereocenters. The number of morpholine rings is 1. The summed E-state index contributed by atoms with van der Waals surface area (Å²) in [6.07, 6.45) is 9.33. The molecule has 1 aliphatic heterocycles. The summed E-state index contributed by atoms with van der Waals surface area (Å²) in [5.41, 5.74) is 2.08. The minimum absolute atomic E-state index is 0.167. The van der Waals surface area contributed by atoms with E-state index in [-0.39, 0.29) is 18.1 Å². The van der Waals surface area contributed by atoms with Gasteiger partial charge in [-0.15, -0.1) is 0 Å². The minimum atomic E-state index is 0.167. The summed E-state index contributed by atoms with van der Waals surface area (Å²) in [5.74, 6) is 0.167. The normalized spacial score (nSPS) is 25.6. The number of hydrogen-bond donors (Lipinski definition) is 0. The Bertz CT molecular complexity index is 583. The molecule has 2 aliphatic rings. The highest BCUT2D eigenvalue weighted by Gasteiger charge is 2.23. The lowest BCUT2D eigenvalue weighted by Crippen LogP contribution is -2.44. The lowest BCUT2D eigenvalue weighted by molar-refractivity contribution is -0.0704. The Kier molecular flexibility index (Phi) is 7.31. The van der Waals surface area contributed by atoms with E-state index >= 15 is 0 Å². The molecule has 1 saturated heterocycles. The highest BCUT2D eigenvalue weighted by molar-refractivity contribution is 5.94. The number of rotatable bonds is 4. The van der Waals surface area contributed by atoms with Crippen molar-refractivity contribution in [3.05, 3.63) is 35.4 Å². The van der Waals surface area contributed by atoms with Gasteiger partial charge in [0.05, 0.1) is 12.2 Å². The molecule has 150 valence electrons. The Morgan fingerprint density at radius 3 is 2.15 bits per heavy atom. The number of ether oxygens (including phenoxy) is 1. The molecule has 0 aromatic heterocycles. The molecule has 0 radical (unpaired) electrons. The van der Waals surface area contributed by atoms with E-state index in [1.807, 2.05) is 24.1 Å². The van der Waals surface area contributed by atoms with Crippen LogP contribution in [0.4, 0.5) is 0 Å². The maximum Gasteiger partial charge on any atom is 0.253 e. The van der Waals surface area contributed by atoms with Gasteiger partial charge >= 0.3 is 0 Å². The van der Waals surface area contributed by atoms with E-state index in [1.165, 1.54) is 37.7 Å². The van der Waals surface area contributed by atoms with Crippen molar-refractivity contribution in [3.8, 4) is 0 Å². The summed E-state index contributed by atoms with van der Waals surface area (Å²) in [6.45, 7) is 7.13. The lowest BCUT2D eigenvalue weighted by atomic mass is 9.95. The van der Waals surface area contributed by atoms with Gasteiger partial charge in [-0.2, -0.15) is 0 Å². The summed E-state index contributed by atoms with van der Waals surface area (Å²) < 4.78 is 5.81. The van der Waals surface area contributed by atoms with Gasteiger partial charge in [-0.05, 0) is 44.4 Å². The van der Waals surface area contributed by atoms with Gasteiger partial charge in [-0.3, -0.25) is 9.69 Å². The van der Waals surface area contributed by atoms with Crippen LogP contribution in [0, 0.1) is 0 Å². The van der Waals surface area contributed by atoms with Crippen LogP contribution in [0.5, 0.6) is 0 Å². The molecule has 4 heteroatoms. The fourth-order valence-corrected chi connectivity index (χ4v) is 4.62.